The molecule has 0 aromatic heterocycles. The van der Waals surface area contributed by atoms with Crippen LogP contribution in [0.25, 0.3) is 0 Å². The zero-order valence-corrected chi connectivity index (χ0v) is 10.7. The Morgan fingerprint density at radius 1 is 1.47 bits per heavy atom. The molecule has 1 heterocycles. The number of nitrogens with zero attached hydrogens (tertiary/aromatic N) is 1. The van der Waals surface area contributed by atoms with Crippen molar-refractivity contribution in [2.75, 3.05) is 24.5 Å². The number of hydrogen-bond acceptors (Lipinski definition) is 2. The topological polar surface area (TPSA) is 15.3 Å². The SMILES string of the molecule is CCNC1CCCN(c2cccc(C)c2F)C1. The number of nitrogens with one attached hydrogen (secondary N) is 1. The molecule has 1 unspecified atom stereocenters. The van der Waals surface area contributed by atoms with Crippen LogP contribution in [0, 0.1) is 12.7 Å². The average molecular weight is 236 g/mol. The Morgan fingerprint density at radius 3 is 3.06 bits per heavy atom. The number of piperidine rings is 1. The second-order valence-corrected chi connectivity index (χ2v) is 4.75. The minimum absolute atomic E-state index is 0.0651. The van der Waals surface area contributed by atoms with E-state index in [1.165, 1.54) is 6.42 Å². The summed E-state index contributed by atoms with van der Waals surface area (Å²) in [7, 11) is 0. The first kappa shape index (κ1) is 12.4. The lowest BCUT2D eigenvalue weighted by Crippen LogP contribution is -2.46. The highest BCUT2D eigenvalue weighted by Gasteiger charge is 2.21. The third-order valence-corrected chi connectivity index (χ3v) is 3.43. The van der Waals surface area contributed by atoms with Crippen molar-refractivity contribution in [2.24, 2.45) is 0 Å². The fourth-order valence-electron chi connectivity index (χ4n) is 2.53. The van der Waals surface area contributed by atoms with Crippen LogP contribution in [0.4, 0.5) is 10.1 Å². The van der Waals surface area contributed by atoms with Crippen LogP contribution in [-0.2, 0) is 0 Å². The van der Waals surface area contributed by atoms with Crippen molar-refractivity contribution in [1.82, 2.24) is 5.32 Å². The van der Waals surface area contributed by atoms with Gasteiger partial charge in [0, 0.05) is 19.1 Å². The number of hydrogen-bond donors (Lipinski definition) is 1. The van der Waals surface area contributed by atoms with Gasteiger partial charge in [0.1, 0.15) is 5.82 Å². The monoisotopic (exact) mass is 236 g/mol. The van der Waals surface area contributed by atoms with Crippen LogP contribution in [0.15, 0.2) is 18.2 Å². The number of halogens is 1. The molecule has 94 valence electrons. The summed E-state index contributed by atoms with van der Waals surface area (Å²) in [5.74, 6) is -0.0651. The molecule has 1 aliphatic heterocycles. The lowest BCUT2D eigenvalue weighted by atomic mass is 10.0. The van der Waals surface area contributed by atoms with Crippen molar-refractivity contribution in [3.05, 3.63) is 29.6 Å². The van der Waals surface area contributed by atoms with Crippen molar-refractivity contribution in [3.63, 3.8) is 0 Å². The molecular formula is C14H21FN2. The van der Waals surface area contributed by atoms with Gasteiger partial charge >= 0.3 is 0 Å². The number of benzene rings is 1. The fraction of sp³-hybridized carbons (Fsp3) is 0.571. The standard InChI is InChI=1S/C14H21FN2/c1-3-16-12-7-5-9-17(10-12)13-8-4-6-11(2)14(13)15/h4,6,8,12,16H,3,5,7,9-10H2,1-2H3. The maximum Gasteiger partial charge on any atom is 0.149 e. The summed E-state index contributed by atoms with van der Waals surface area (Å²) >= 11 is 0. The van der Waals surface area contributed by atoms with Gasteiger partial charge < -0.3 is 10.2 Å². The summed E-state index contributed by atoms with van der Waals surface area (Å²) in [4.78, 5) is 2.17. The molecule has 2 nitrogen and oxygen atoms in total. The maximum atomic E-state index is 14.0. The summed E-state index contributed by atoms with van der Waals surface area (Å²) in [6, 6.07) is 6.14. The first-order valence-electron chi connectivity index (χ1n) is 6.45. The van der Waals surface area contributed by atoms with E-state index in [4.69, 9.17) is 0 Å². The lowest BCUT2D eigenvalue weighted by molar-refractivity contribution is 0.428. The van der Waals surface area contributed by atoms with Gasteiger partial charge in [-0.3, -0.25) is 0 Å². The van der Waals surface area contributed by atoms with Crippen LogP contribution in [0.3, 0.4) is 0 Å². The molecule has 0 saturated carbocycles. The molecule has 1 saturated heterocycles. The molecule has 1 N–H and O–H groups in total. The molecule has 1 aliphatic rings. The van der Waals surface area contributed by atoms with Gasteiger partial charge in [-0.1, -0.05) is 19.1 Å². The third kappa shape index (κ3) is 2.78. The molecule has 3 heteroatoms. The van der Waals surface area contributed by atoms with Crippen molar-refractivity contribution in [1.29, 1.82) is 0 Å². The zero-order valence-electron chi connectivity index (χ0n) is 10.7. The van der Waals surface area contributed by atoms with Crippen LogP contribution in [-0.4, -0.2) is 25.7 Å². The van der Waals surface area contributed by atoms with Gasteiger partial charge in [0.2, 0.25) is 0 Å². The van der Waals surface area contributed by atoms with Crippen LogP contribution in [0.1, 0.15) is 25.3 Å². The summed E-state index contributed by atoms with van der Waals surface area (Å²) < 4.78 is 14.0. The molecule has 1 aromatic rings. The molecule has 1 fully saturated rings. The quantitative estimate of drug-likeness (QED) is 0.868. The predicted octanol–water partition coefficient (Wildman–Crippen LogP) is 2.71. The molecule has 1 aromatic carbocycles. The highest BCUT2D eigenvalue weighted by atomic mass is 19.1. The first-order chi connectivity index (χ1) is 8.22. The van der Waals surface area contributed by atoms with E-state index in [0.29, 0.717) is 6.04 Å². The highest BCUT2D eigenvalue weighted by Crippen LogP contribution is 2.25. The van der Waals surface area contributed by atoms with Crippen LogP contribution < -0.4 is 10.2 Å². The molecule has 2 rings (SSSR count). The van der Waals surface area contributed by atoms with E-state index in [9.17, 15) is 4.39 Å². The Labute approximate surface area is 103 Å². The number of rotatable bonds is 3. The van der Waals surface area contributed by atoms with Gasteiger partial charge in [-0.25, -0.2) is 4.39 Å². The van der Waals surface area contributed by atoms with Gasteiger partial charge in [0.15, 0.2) is 0 Å². The van der Waals surface area contributed by atoms with Crippen molar-refractivity contribution >= 4 is 5.69 Å². The average Bonchev–Trinajstić information content (AvgIpc) is 2.33. The van der Waals surface area contributed by atoms with Crippen molar-refractivity contribution in [2.45, 2.75) is 32.7 Å². The number of anilines is 1. The summed E-state index contributed by atoms with van der Waals surface area (Å²) in [5, 5.41) is 3.45. The van der Waals surface area contributed by atoms with Gasteiger partial charge in [0.05, 0.1) is 5.69 Å². The zero-order chi connectivity index (χ0) is 12.3. The minimum Gasteiger partial charge on any atom is -0.368 e. The summed E-state index contributed by atoms with van der Waals surface area (Å²) in [6.45, 7) is 6.79. The molecule has 0 spiro atoms. The Bertz CT molecular complexity index is 376. The van der Waals surface area contributed by atoms with E-state index in [0.717, 1.165) is 37.3 Å². The number of likely N-dealkylation sites (N-methyl/N-ethyl adjacent to an activating group) is 1. The van der Waals surface area contributed by atoms with Crippen LogP contribution in [0.2, 0.25) is 0 Å². The van der Waals surface area contributed by atoms with Gasteiger partial charge in [-0.05, 0) is 37.9 Å². The Kier molecular flexibility index (Phi) is 4.00. The maximum absolute atomic E-state index is 14.0. The van der Waals surface area contributed by atoms with Crippen LogP contribution in [0.5, 0.6) is 0 Å². The predicted molar refractivity (Wildman–Crippen MR) is 70.0 cm³/mol. The molecule has 0 bridgehead atoms. The molecule has 17 heavy (non-hydrogen) atoms. The van der Waals surface area contributed by atoms with E-state index in [1.807, 2.05) is 25.1 Å². The van der Waals surface area contributed by atoms with E-state index < -0.39 is 0 Å². The van der Waals surface area contributed by atoms with E-state index in [-0.39, 0.29) is 5.82 Å². The van der Waals surface area contributed by atoms with Crippen molar-refractivity contribution in [3.8, 4) is 0 Å². The van der Waals surface area contributed by atoms with Crippen LogP contribution >= 0.6 is 0 Å². The minimum atomic E-state index is -0.0651. The highest BCUT2D eigenvalue weighted by molar-refractivity contribution is 5.50. The summed E-state index contributed by atoms with van der Waals surface area (Å²) in [6.07, 6.45) is 2.32. The second-order valence-electron chi connectivity index (χ2n) is 4.75. The summed E-state index contributed by atoms with van der Waals surface area (Å²) in [5.41, 5.74) is 1.49. The molecular weight excluding hydrogens is 215 g/mol. The van der Waals surface area contributed by atoms with Gasteiger partial charge in [-0.2, -0.15) is 0 Å². The van der Waals surface area contributed by atoms with E-state index in [1.54, 1.807) is 0 Å². The third-order valence-electron chi connectivity index (χ3n) is 3.43. The second kappa shape index (κ2) is 5.50. The molecule has 1 atom stereocenters. The fourth-order valence-corrected chi connectivity index (χ4v) is 2.53. The Morgan fingerprint density at radius 2 is 2.29 bits per heavy atom. The van der Waals surface area contributed by atoms with E-state index in [2.05, 4.69) is 17.1 Å². The molecule has 0 radical (unpaired) electrons. The normalized spacial score (nSPS) is 20.6. The lowest BCUT2D eigenvalue weighted by Gasteiger charge is -2.35. The Hall–Kier alpha value is -1.09. The van der Waals surface area contributed by atoms with Gasteiger partial charge in [0.25, 0.3) is 0 Å². The van der Waals surface area contributed by atoms with E-state index >= 15 is 0 Å². The molecule has 0 amide bonds. The van der Waals surface area contributed by atoms with Crippen molar-refractivity contribution < 1.29 is 4.39 Å². The smallest absolute Gasteiger partial charge is 0.149 e. The Balaban J connectivity index is 2.13. The number of aryl methyl sites for hydroxylation is 1. The first-order valence-corrected chi connectivity index (χ1v) is 6.45. The molecule has 0 aliphatic carbocycles. The van der Waals surface area contributed by atoms with Gasteiger partial charge in [-0.15, -0.1) is 0 Å². The largest absolute Gasteiger partial charge is 0.368 e.